The van der Waals surface area contributed by atoms with Gasteiger partial charge in [0, 0.05) is 24.6 Å². The number of esters is 1. The summed E-state index contributed by atoms with van der Waals surface area (Å²) in [6.07, 6.45) is -0.0453. The van der Waals surface area contributed by atoms with Crippen molar-refractivity contribution in [3.8, 4) is 5.75 Å². The summed E-state index contributed by atoms with van der Waals surface area (Å²) in [5.41, 5.74) is 0.702. The highest BCUT2D eigenvalue weighted by Gasteiger charge is 2.29. The Balaban J connectivity index is 2.11. The monoisotopic (exact) mass is 267 g/mol. The van der Waals surface area contributed by atoms with Crippen molar-refractivity contribution in [1.82, 2.24) is 5.32 Å². The molecular weight excluding hydrogens is 249 g/mol. The maximum atomic E-state index is 13.3. The minimum absolute atomic E-state index is 0.285. The lowest BCUT2D eigenvalue weighted by Crippen LogP contribution is -2.25. The van der Waals surface area contributed by atoms with Gasteiger partial charge in [0.15, 0.2) is 6.10 Å². The number of benzene rings is 1. The average molecular weight is 267 g/mol. The largest absolute Gasteiger partial charge is 0.478 e. The molecule has 0 aromatic heterocycles. The number of cyclic esters (lactones) is 1. The minimum Gasteiger partial charge on any atom is -0.478 e. The van der Waals surface area contributed by atoms with Crippen molar-refractivity contribution in [3.05, 3.63) is 29.6 Å². The molecular formula is C14H18FNO3. The molecule has 0 saturated carbocycles. The Kier molecular flexibility index (Phi) is 4.37. The van der Waals surface area contributed by atoms with Gasteiger partial charge in [0.2, 0.25) is 0 Å². The molecule has 1 saturated heterocycles. The fourth-order valence-electron chi connectivity index (χ4n) is 1.85. The van der Waals surface area contributed by atoms with Crippen molar-refractivity contribution in [2.75, 3.05) is 6.61 Å². The molecule has 1 atom stereocenters. The topological polar surface area (TPSA) is 47.6 Å². The molecule has 0 aliphatic carbocycles. The first-order valence-electron chi connectivity index (χ1n) is 6.41. The number of nitrogens with one attached hydrogen (secondary N) is 1. The van der Waals surface area contributed by atoms with Gasteiger partial charge in [-0.2, -0.15) is 0 Å². The summed E-state index contributed by atoms with van der Waals surface area (Å²) >= 11 is 0. The molecule has 1 aliphatic rings. The van der Waals surface area contributed by atoms with Crippen LogP contribution in [-0.2, 0) is 16.1 Å². The summed E-state index contributed by atoms with van der Waals surface area (Å²) < 4.78 is 23.8. The smallest absolute Gasteiger partial charge is 0.347 e. The fraction of sp³-hybridized carbons (Fsp3) is 0.500. The highest BCUT2D eigenvalue weighted by atomic mass is 19.1. The Morgan fingerprint density at radius 3 is 2.95 bits per heavy atom. The van der Waals surface area contributed by atoms with Crippen LogP contribution in [0, 0.1) is 5.82 Å². The molecule has 19 heavy (non-hydrogen) atoms. The molecule has 1 aromatic rings. The molecule has 4 nitrogen and oxygen atoms in total. The van der Waals surface area contributed by atoms with Gasteiger partial charge in [0.1, 0.15) is 11.6 Å². The molecule has 0 amide bonds. The lowest BCUT2D eigenvalue weighted by atomic mass is 10.1. The number of hydrogen-bond acceptors (Lipinski definition) is 4. The summed E-state index contributed by atoms with van der Waals surface area (Å²) in [6, 6.07) is 4.59. The van der Waals surface area contributed by atoms with Crippen LogP contribution in [0.25, 0.3) is 0 Å². The van der Waals surface area contributed by atoms with E-state index in [1.807, 2.05) is 13.8 Å². The molecule has 0 radical (unpaired) electrons. The molecule has 2 rings (SSSR count). The molecule has 5 heteroatoms. The Labute approximate surface area is 111 Å². The first-order chi connectivity index (χ1) is 9.06. The predicted octanol–water partition coefficient (Wildman–Crippen LogP) is 2.02. The van der Waals surface area contributed by atoms with Crippen molar-refractivity contribution in [3.63, 3.8) is 0 Å². The van der Waals surface area contributed by atoms with Crippen molar-refractivity contribution >= 4 is 5.97 Å². The molecule has 1 aliphatic heterocycles. The van der Waals surface area contributed by atoms with Gasteiger partial charge >= 0.3 is 5.97 Å². The lowest BCUT2D eigenvalue weighted by Gasteiger charge is -2.16. The van der Waals surface area contributed by atoms with E-state index in [1.165, 1.54) is 12.1 Å². The number of halogens is 1. The van der Waals surface area contributed by atoms with Gasteiger partial charge in [-0.05, 0) is 18.2 Å². The Bertz CT molecular complexity index is 462. The second-order valence-electron chi connectivity index (χ2n) is 4.85. The number of carbonyl (C=O) groups is 1. The summed E-state index contributed by atoms with van der Waals surface area (Å²) in [7, 11) is 0. The van der Waals surface area contributed by atoms with Crippen LogP contribution >= 0.6 is 0 Å². The Morgan fingerprint density at radius 1 is 1.53 bits per heavy atom. The fourth-order valence-corrected chi connectivity index (χ4v) is 1.85. The zero-order valence-electron chi connectivity index (χ0n) is 11.1. The SMILES string of the molecule is CC(C)NCc1cc(F)ccc1OC1CCOC1=O. The van der Waals surface area contributed by atoms with Crippen molar-refractivity contribution in [2.24, 2.45) is 0 Å². The standard InChI is InChI=1S/C14H18FNO3/c1-9(2)16-8-10-7-11(15)3-4-12(10)19-13-5-6-18-14(13)17/h3-4,7,9,13,16H,5-6,8H2,1-2H3. The quantitative estimate of drug-likeness (QED) is 0.829. The minimum atomic E-state index is -0.580. The van der Waals surface area contributed by atoms with Gasteiger partial charge in [0.25, 0.3) is 0 Å². The normalized spacial score (nSPS) is 18.7. The maximum Gasteiger partial charge on any atom is 0.347 e. The van der Waals surface area contributed by atoms with Crippen LogP contribution in [0.4, 0.5) is 4.39 Å². The summed E-state index contributed by atoms with van der Waals surface area (Å²) in [5.74, 6) is -0.146. The molecule has 1 unspecified atom stereocenters. The summed E-state index contributed by atoms with van der Waals surface area (Å²) in [4.78, 5) is 11.4. The van der Waals surface area contributed by atoms with Crippen molar-refractivity contribution in [1.29, 1.82) is 0 Å². The second-order valence-corrected chi connectivity index (χ2v) is 4.85. The van der Waals surface area contributed by atoms with E-state index in [4.69, 9.17) is 9.47 Å². The number of rotatable bonds is 5. The van der Waals surface area contributed by atoms with Gasteiger partial charge in [-0.25, -0.2) is 9.18 Å². The van der Waals surface area contributed by atoms with Crippen LogP contribution in [0.5, 0.6) is 5.75 Å². The zero-order valence-corrected chi connectivity index (χ0v) is 11.1. The van der Waals surface area contributed by atoms with Crippen LogP contribution < -0.4 is 10.1 Å². The number of hydrogen-bond donors (Lipinski definition) is 1. The van der Waals surface area contributed by atoms with E-state index in [-0.39, 0.29) is 17.8 Å². The molecule has 1 aromatic carbocycles. The Morgan fingerprint density at radius 2 is 2.32 bits per heavy atom. The van der Waals surface area contributed by atoms with Gasteiger partial charge < -0.3 is 14.8 Å². The van der Waals surface area contributed by atoms with E-state index in [9.17, 15) is 9.18 Å². The van der Waals surface area contributed by atoms with Crippen LogP contribution in [0.3, 0.4) is 0 Å². The van der Waals surface area contributed by atoms with E-state index in [0.29, 0.717) is 30.9 Å². The highest BCUT2D eigenvalue weighted by molar-refractivity contribution is 5.76. The molecule has 1 N–H and O–H groups in total. The molecule has 0 bridgehead atoms. The first-order valence-corrected chi connectivity index (χ1v) is 6.41. The van der Waals surface area contributed by atoms with Crippen molar-refractivity contribution in [2.45, 2.75) is 39.0 Å². The number of carbonyl (C=O) groups excluding carboxylic acids is 1. The maximum absolute atomic E-state index is 13.3. The molecule has 0 spiro atoms. The van der Waals surface area contributed by atoms with E-state index >= 15 is 0 Å². The highest BCUT2D eigenvalue weighted by Crippen LogP contribution is 2.23. The van der Waals surface area contributed by atoms with Crippen LogP contribution in [0.15, 0.2) is 18.2 Å². The molecule has 1 heterocycles. The predicted molar refractivity (Wildman–Crippen MR) is 68.4 cm³/mol. The van der Waals surface area contributed by atoms with Gasteiger partial charge in [-0.3, -0.25) is 0 Å². The van der Waals surface area contributed by atoms with Gasteiger partial charge in [0.05, 0.1) is 6.61 Å². The summed E-state index contributed by atoms with van der Waals surface area (Å²) in [6.45, 7) is 4.89. The third kappa shape index (κ3) is 3.67. The third-order valence-electron chi connectivity index (χ3n) is 2.88. The summed E-state index contributed by atoms with van der Waals surface area (Å²) in [5, 5.41) is 3.20. The van der Waals surface area contributed by atoms with Crippen molar-refractivity contribution < 1.29 is 18.7 Å². The lowest BCUT2D eigenvalue weighted by molar-refractivity contribution is -0.143. The first kappa shape index (κ1) is 13.8. The second kappa shape index (κ2) is 6.02. The Hall–Kier alpha value is -1.62. The van der Waals surface area contributed by atoms with E-state index < -0.39 is 6.10 Å². The molecule has 1 fully saturated rings. The van der Waals surface area contributed by atoms with Crippen LogP contribution in [-0.4, -0.2) is 24.7 Å². The third-order valence-corrected chi connectivity index (χ3v) is 2.88. The van der Waals surface area contributed by atoms with Gasteiger partial charge in [-0.15, -0.1) is 0 Å². The zero-order chi connectivity index (χ0) is 13.8. The van der Waals surface area contributed by atoms with Crippen LogP contribution in [0.1, 0.15) is 25.8 Å². The number of ether oxygens (including phenoxy) is 2. The molecule has 104 valence electrons. The van der Waals surface area contributed by atoms with E-state index in [1.54, 1.807) is 6.07 Å². The van der Waals surface area contributed by atoms with E-state index in [0.717, 1.165) is 0 Å². The average Bonchev–Trinajstić information content (AvgIpc) is 2.75. The van der Waals surface area contributed by atoms with Crippen LogP contribution in [0.2, 0.25) is 0 Å². The van der Waals surface area contributed by atoms with E-state index in [2.05, 4.69) is 5.32 Å². The van der Waals surface area contributed by atoms with Gasteiger partial charge in [-0.1, -0.05) is 13.8 Å².